The van der Waals surface area contributed by atoms with Gasteiger partial charge in [-0.3, -0.25) is 0 Å². The molecule has 0 amide bonds. The molecule has 0 bridgehead atoms. The number of aliphatic hydroxyl groups excluding tert-OH is 2. The molecule has 0 saturated carbocycles. The van der Waals surface area contributed by atoms with Crippen molar-refractivity contribution >= 4 is 22.6 Å². The van der Waals surface area contributed by atoms with E-state index in [1.807, 2.05) is 19.1 Å². The first-order valence-electron chi connectivity index (χ1n) is 8.43. The fourth-order valence-electron chi connectivity index (χ4n) is 3.45. The number of nitrogens with one attached hydrogen (secondary N) is 1. The number of aliphatic hydroxyl groups is 2. The molecule has 0 spiro atoms. The van der Waals surface area contributed by atoms with Gasteiger partial charge in [0.15, 0.2) is 11.7 Å². The molecular formula is C17H19ClN6O3. The number of ether oxygens (including phenoxy) is 1. The number of halogens is 1. The zero-order valence-corrected chi connectivity index (χ0v) is 15.2. The van der Waals surface area contributed by atoms with E-state index in [1.165, 1.54) is 17.2 Å². The van der Waals surface area contributed by atoms with Crippen molar-refractivity contribution in [1.29, 1.82) is 0 Å². The highest BCUT2D eigenvalue weighted by Gasteiger charge is 2.47. The summed E-state index contributed by atoms with van der Waals surface area (Å²) in [5.41, 5.74) is 1.79. The number of aromatic amines is 1. The number of rotatable bonds is 3. The molecular weight excluding hydrogens is 372 g/mol. The number of hydrogen-bond acceptors (Lipinski definition) is 7. The molecule has 1 aliphatic heterocycles. The van der Waals surface area contributed by atoms with Crippen LogP contribution in [0.4, 0.5) is 0 Å². The van der Waals surface area contributed by atoms with Crippen LogP contribution in [0.15, 0.2) is 41.9 Å². The second kappa shape index (κ2) is 6.93. The minimum atomic E-state index is -1.16. The maximum absolute atomic E-state index is 10.6. The second-order valence-electron chi connectivity index (χ2n) is 6.52. The summed E-state index contributed by atoms with van der Waals surface area (Å²) in [7, 11) is 0. The summed E-state index contributed by atoms with van der Waals surface area (Å²) >= 11 is 5.94. The van der Waals surface area contributed by atoms with Crippen molar-refractivity contribution in [3.05, 3.63) is 52.9 Å². The van der Waals surface area contributed by atoms with Crippen LogP contribution in [0.1, 0.15) is 24.6 Å². The average Bonchev–Trinajstić information content (AvgIpc) is 3.23. The maximum Gasteiger partial charge on any atom is 0.185 e. The van der Waals surface area contributed by atoms with Crippen LogP contribution in [-0.4, -0.2) is 48.3 Å². The lowest BCUT2D eigenvalue weighted by Crippen LogP contribution is -2.34. The van der Waals surface area contributed by atoms with Gasteiger partial charge in [0.05, 0.1) is 24.0 Å². The van der Waals surface area contributed by atoms with Crippen LogP contribution in [0, 0.1) is 0 Å². The average molecular weight is 391 g/mol. The van der Waals surface area contributed by atoms with Crippen LogP contribution >= 0.6 is 11.6 Å². The highest BCUT2D eigenvalue weighted by atomic mass is 35.5. The Hall–Kier alpha value is -2.46. The van der Waals surface area contributed by atoms with Crippen LogP contribution in [-0.2, 0) is 4.74 Å². The third kappa shape index (κ3) is 2.98. The van der Waals surface area contributed by atoms with Gasteiger partial charge in [-0.2, -0.15) is 10.2 Å². The SMILES string of the molecule is C[C@@H](c1ccc(Cl)cc1)[C@H]1O[C@@H](n2ncc3/c(=N\N)nc[nH]c32)[C@H](O)[C@@H]1O. The molecule has 27 heavy (non-hydrogen) atoms. The Bertz CT molecular complexity index is 1020. The van der Waals surface area contributed by atoms with Crippen molar-refractivity contribution in [1.82, 2.24) is 19.7 Å². The summed E-state index contributed by atoms with van der Waals surface area (Å²) in [6.07, 6.45) is -0.777. The zero-order valence-electron chi connectivity index (χ0n) is 14.4. The molecule has 5 atom stereocenters. The molecule has 5 N–H and O–H groups in total. The summed E-state index contributed by atoms with van der Waals surface area (Å²) < 4.78 is 7.49. The van der Waals surface area contributed by atoms with Crippen LogP contribution < -0.4 is 11.3 Å². The third-order valence-corrected chi connectivity index (χ3v) is 5.20. The quantitative estimate of drug-likeness (QED) is 0.382. The van der Waals surface area contributed by atoms with Crippen molar-refractivity contribution in [3.63, 3.8) is 0 Å². The topological polar surface area (TPSA) is 135 Å². The van der Waals surface area contributed by atoms with Gasteiger partial charge in [-0.05, 0) is 17.7 Å². The highest BCUT2D eigenvalue weighted by molar-refractivity contribution is 6.30. The fourth-order valence-corrected chi connectivity index (χ4v) is 3.57. The van der Waals surface area contributed by atoms with Crippen molar-refractivity contribution in [2.45, 2.75) is 37.4 Å². The lowest BCUT2D eigenvalue weighted by Gasteiger charge is -2.22. The van der Waals surface area contributed by atoms with Gasteiger partial charge in [0.25, 0.3) is 0 Å². The highest BCUT2D eigenvalue weighted by Crippen LogP contribution is 2.37. The van der Waals surface area contributed by atoms with Crippen molar-refractivity contribution in [3.8, 4) is 0 Å². The summed E-state index contributed by atoms with van der Waals surface area (Å²) in [6.45, 7) is 1.93. The number of aromatic nitrogens is 4. The summed E-state index contributed by atoms with van der Waals surface area (Å²) in [5.74, 6) is 5.18. The smallest absolute Gasteiger partial charge is 0.185 e. The van der Waals surface area contributed by atoms with Crippen LogP contribution in [0.3, 0.4) is 0 Å². The van der Waals surface area contributed by atoms with E-state index in [2.05, 4.69) is 20.2 Å². The van der Waals surface area contributed by atoms with E-state index in [0.29, 0.717) is 21.5 Å². The Kier molecular flexibility index (Phi) is 4.60. The molecule has 0 aliphatic carbocycles. The molecule has 1 fully saturated rings. The molecule has 3 aromatic rings. The van der Waals surface area contributed by atoms with Gasteiger partial charge in [0.1, 0.15) is 17.9 Å². The van der Waals surface area contributed by atoms with Gasteiger partial charge in [-0.1, -0.05) is 30.7 Å². The normalized spacial score (nSPS) is 27.3. The Labute approximate surface area is 159 Å². The van der Waals surface area contributed by atoms with Crippen LogP contribution in [0.2, 0.25) is 5.02 Å². The van der Waals surface area contributed by atoms with Gasteiger partial charge < -0.3 is 25.8 Å². The largest absolute Gasteiger partial charge is 0.387 e. The van der Waals surface area contributed by atoms with Gasteiger partial charge >= 0.3 is 0 Å². The van der Waals surface area contributed by atoms with Gasteiger partial charge in [-0.25, -0.2) is 9.67 Å². The molecule has 4 rings (SSSR count). The van der Waals surface area contributed by atoms with E-state index in [-0.39, 0.29) is 5.92 Å². The number of hydrogen-bond donors (Lipinski definition) is 4. The van der Waals surface area contributed by atoms with Gasteiger partial charge in [-0.15, -0.1) is 0 Å². The minimum Gasteiger partial charge on any atom is -0.387 e. The Morgan fingerprint density at radius 3 is 2.74 bits per heavy atom. The summed E-state index contributed by atoms with van der Waals surface area (Å²) in [4.78, 5) is 6.98. The molecule has 0 radical (unpaired) electrons. The predicted molar refractivity (Wildman–Crippen MR) is 97.4 cm³/mol. The number of nitrogens with zero attached hydrogens (tertiary/aromatic N) is 4. The molecule has 1 aliphatic rings. The lowest BCUT2D eigenvalue weighted by molar-refractivity contribution is -0.0478. The molecule has 3 heterocycles. The van der Waals surface area contributed by atoms with Crippen LogP contribution in [0.5, 0.6) is 0 Å². The number of nitrogens with two attached hydrogens (primary N) is 1. The zero-order chi connectivity index (χ0) is 19.1. The van der Waals surface area contributed by atoms with Crippen LogP contribution in [0.25, 0.3) is 11.0 Å². The minimum absolute atomic E-state index is 0.168. The molecule has 142 valence electrons. The molecule has 1 aromatic carbocycles. The maximum atomic E-state index is 10.6. The van der Waals surface area contributed by atoms with E-state index >= 15 is 0 Å². The van der Waals surface area contributed by atoms with E-state index in [0.717, 1.165) is 5.56 Å². The van der Waals surface area contributed by atoms with E-state index in [4.69, 9.17) is 22.2 Å². The first-order valence-corrected chi connectivity index (χ1v) is 8.81. The first kappa shape index (κ1) is 17.9. The Balaban J connectivity index is 1.67. The number of H-pyrrole nitrogens is 1. The molecule has 2 aromatic heterocycles. The Morgan fingerprint density at radius 1 is 1.30 bits per heavy atom. The van der Waals surface area contributed by atoms with Gasteiger partial charge in [0.2, 0.25) is 0 Å². The van der Waals surface area contributed by atoms with E-state index in [1.54, 1.807) is 12.1 Å². The second-order valence-corrected chi connectivity index (χ2v) is 6.96. The van der Waals surface area contributed by atoms with Crippen molar-refractivity contribution < 1.29 is 14.9 Å². The number of benzene rings is 1. The third-order valence-electron chi connectivity index (χ3n) is 4.95. The monoisotopic (exact) mass is 390 g/mol. The molecule has 10 heteroatoms. The molecule has 9 nitrogen and oxygen atoms in total. The van der Waals surface area contributed by atoms with E-state index in [9.17, 15) is 10.2 Å². The predicted octanol–water partition coefficient (Wildman–Crippen LogP) is 0.610. The lowest BCUT2D eigenvalue weighted by atomic mass is 9.91. The van der Waals surface area contributed by atoms with E-state index < -0.39 is 24.5 Å². The van der Waals surface area contributed by atoms with Gasteiger partial charge in [0, 0.05) is 10.9 Å². The first-order chi connectivity index (χ1) is 13.0. The summed E-state index contributed by atoms with van der Waals surface area (Å²) in [5, 5.41) is 30.3. The standard InChI is InChI=1S/C17H19ClN6O3/c1-8(9-2-4-10(18)5-3-9)14-12(25)13(26)17(27-14)24-16-11(6-22-24)15(23-19)20-7-21-16/h2-8,12-14,17,25-26H,19H2,1H3,(H,20,21,23)/t8-,12-,13+,14+,17+/m0/s1. The van der Waals surface area contributed by atoms with Crippen molar-refractivity contribution in [2.75, 3.05) is 0 Å². The number of fused-ring (bicyclic) bond motifs is 1. The Morgan fingerprint density at radius 2 is 2.04 bits per heavy atom. The summed E-state index contributed by atoms with van der Waals surface area (Å²) in [6, 6.07) is 7.31. The fraction of sp³-hybridized carbons (Fsp3) is 0.353. The van der Waals surface area contributed by atoms with Crippen molar-refractivity contribution in [2.24, 2.45) is 10.9 Å². The molecule has 1 saturated heterocycles. The molecule has 0 unspecified atom stereocenters.